The van der Waals surface area contributed by atoms with Gasteiger partial charge in [-0.05, 0) is 53.0 Å². The summed E-state index contributed by atoms with van der Waals surface area (Å²) in [6.07, 6.45) is -2.43. The number of nitrogens with two attached hydrogens (primary N) is 1. The number of ketones is 2. The molecule has 2 fully saturated rings. The van der Waals surface area contributed by atoms with Crippen LogP contribution >= 0.6 is 15.9 Å². The highest BCUT2D eigenvalue weighted by molar-refractivity contribution is 9.10. The van der Waals surface area contributed by atoms with Gasteiger partial charge in [-0.1, -0.05) is 27.7 Å². The number of benzene rings is 1. The normalized spacial score (nSPS) is 26.8. The standard InChI is InChI=1S/C30H36BrFN4O12/c1-5-15(4)28(33)26(39)46-44-13-14(3)25(38)29(41,47-28)48-30(42,43)45-24-17(21(37)6-2)8-9-19(32)23(24)18-11-20(18)35-27(40)36-22-10-7-16(31)12-34-22/h7-10,12,14-15,18,20,41-43H,5-6,11,13,33H2,1-4H3,(H2,34,35,36,40)/t14-,15-,18+,20-,28-,29-/m0/s1. The molecular weight excluding hydrogens is 707 g/mol. The Morgan fingerprint density at radius 1 is 1.25 bits per heavy atom. The molecule has 1 aromatic carbocycles. The Kier molecular flexibility index (Phi) is 11.2. The Morgan fingerprint density at radius 2 is 1.96 bits per heavy atom. The van der Waals surface area contributed by atoms with Gasteiger partial charge in [0.15, 0.2) is 5.78 Å². The first kappa shape index (κ1) is 37.2. The lowest BCUT2D eigenvalue weighted by atomic mass is 9.95. The van der Waals surface area contributed by atoms with E-state index in [2.05, 4.69) is 36.4 Å². The molecule has 262 valence electrons. The smallest absolute Gasteiger partial charge is 0.415 e. The molecule has 1 aliphatic carbocycles. The van der Waals surface area contributed by atoms with Crippen molar-refractivity contribution in [2.45, 2.75) is 76.8 Å². The molecule has 0 unspecified atom stereocenters. The van der Waals surface area contributed by atoms with Gasteiger partial charge in [0.05, 0.1) is 11.5 Å². The van der Waals surface area contributed by atoms with Gasteiger partial charge in [-0.3, -0.25) is 30.3 Å². The Hall–Kier alpha value is -3.62. The van der Waals surface area contributed by atoms with Crippen molar-refractivity contribution in [3.63, 3.8) is 0 Å². The zero-order valence-electron chi connectivity index (χ0n) is 26.3. The highest BCUT2D eigenvalue weighted by atomic mass is 79.9. The molecule has 4 rings (SSSR count). The van der Waals surface area contributed by atoms with E-state index in [0.29, 0.717) is 4.47 Å². The summed E-state index contributed by atoms with van der Waals surface area (Å²) in [5.74, 6) is -11.7. The number of carbonyl (C=O) groups is 4. The van der Waals surface area contributed by atoms with Crippen molar-refractivity contribution in [3.05, 3.63) is 51.9 Å². The van der Waals surface area contributed by atoms with E-state index >= 15 is 4.39 Å². The van der Waals surface area contributed by atoms with Crippen LogP contribution in [0.15, 0.2) is 34.9 Å². The Balaban J connectivity index is 1.66. The zero-order chi connectivity index (χ0) is 35.6. The number of halogens is 2. The molecule has 1 aromatic heterocycles. The summed E-state index contributed by atoms with van der Waals surface area (Å²) < 4.78 is 31.6. The monoisotopic (exact) mass is 742 g/mol. The molecule has 2 aromatic rings. The molecule has 0 spiro atoms. The lowest BCUT2D eigenvalue weighted by Gasteiger charge is -2.39. The third-order valence-corrected chi connectivity index (χ3v) is 8.37. The van der Waals surface area contributed by atoms with Gasteiger partial charge in [0.25, 0.3) is 0 Å². The molecule has 2 heterocycles. The van der Waals surface area contributed by atoms with Crippen LogP contribution in [0.2, 0.25) is 0 Å². The SMILES string of the molecule is CCC(=O)c1ccc(F)c([C@@H]2C[C@@H]2NC(=O)Nc2ccc(Br)cn2)c1OC(O)(O)O[C@@]1(O)O[C@@](N)([C@@H](C)CC)C(=O)OOC[C@H](C)C1=O. The third kappa shape index (κ3) is 8.15. The predicted octanol–water partition coefficient (Wildman–Crippen LogP) is 2.30. The molecule has 1 aliphatic heterocycles. The average molecular weight is 744 g/mol. The highest BCUT2D eigenvalue weighted by Gasteiger charge is 2.59. The van der Waals surface area contributed by atoms with Crippen LogP contribution in [0.25, 0.3) is 0 Å². The Morgan fingerprint density at radius 3 is 2.58 bits per heavy atom. The largest absolute Gasteiger partial charge is 0.460 e. The topological polar surface area (TPSA) is 238 Å². The van der Waals surface area contributed by atoms with Crippen molar-refractivity contribution in [3.8, 4) is 5.75 Å². The van der Waals surface area contributed by atoms with Gasteiger partial charge in [0.2, 0.25) is 11.5 Å². The van der Waals surface area contributed by atoms with E-state index in [1.165, 1.54) is 33.0 Å². The Bertz CT molecular complexity index is 1560. The second-order valence-electron chi connectivity index (χ2n) is 11.5. The predicted molar refractivity (Wildman–Crippen MR) is 164 cm³/mol. The molecule has 16 nitrogen and oxygen atoms in total. The van der Waals surface area contributed by atoms with E-state index < -0.39 is 83.4 Å². The van der Waals surface area contributed by atoms with Gasteiger partial charge in [0, 0.05) is 40.5 Å². The van der Waals surface area contributed by atoms with Gasteiger partial charge >= 0.3 is 24.1 Å². The number of hydrogen-bond acceptors (Lipinski definition) is 14. The van der Waals surface area contributed by atoms with Crippen LogP contribution in [0.1, 0.15) is 68.8 Å². The number of hydrogen-bond donors (Lipinski definition) is 6. The van der Waals surface area contributed by atoms with Crippen LogP contribution in [0.5, 0.6) is 5.75 Å². The first-order valence-corrected chi connectivity index (χ1v) is 15.7. The molecule has 48 heavy (non-hydrogen) atoms. The van der Waals surface area contributed by atoms with Crippen molar-refractivity contribution in [1.29, 1.82) is 0 Å². The van der Waals surface area contributed by atoms with E-state index in [1.54, 1.807) is 13.0 Å². The molecule has 0 bridgehead atoms. The number of carbonyl (C=O) groups excluding carboxylic acids is 4. The van der Waals surface area contributed by atoms with E-state index in [4.69, 9.17) is 24.8 Å². The van der Waals surface area contributed by atoms with Crippen molar-refractivity contribution >= 4 is 45.3 Å². The van der Waals surface area contributed by atoms with Crippen molar-refractivity contribution < 1.29 is 62.9 Å². The van der Waals surface area contributed by atoms with E-state index in [0.717, 1.165) is 12.1 Å². The van der Waals surface area contributed by atoms with Crippen LogP contribution in [0.3, 0.4) is 0 Å². The maximum Gasteiger partial charge on any atom is 0.460 e. The van der Waals surface area contributed by atoms with Gasteiger partial charge < -0.3 is 25.4 Å². The summed E-state index contributed by atoms with van der Waals surface area (Å²) >= 11 is 3.24. The second kappa shape index (κ2) is 14.5. The number of urea groups is 1. The van der Waals surface area contributed by atoms with Gasteiger partial charge in [-0.15, -0.1) is 0 Å². The number of ether oxygens (including phenoxy) is 3. The molecule has 0 radical (unpaired) electrons. The third-order valence-electron chi connectivity index (χ3n) is 7.90. The highest BCUT2D eigenvalue weighted by Crippen LogP contribution is 2.48. The molecule has 6 atom stereocenters. The average Bonchev–Trinajstić information content (AvgIpc) is 3.77. The van der Waals surface area contributed by atoms with E-state index in [9.17, 15) is 34.5 Å². The molecule has 2 aliphatic rings. The fourth-order valence-electron chi connectivity index (χ4n) is 4.86. The lowest BCUT2D eigenvalue weighted by Crippen LogP contribution is -2.65. The van der Waals surface area contributed by atoms with Crippen molar-refractivity contribution in [2.24, 2.45) is 17.6 Å². The van der Waals surface area contributed by atoms with Crippen LogP contribution in [-0.2, 0) is 28.8 Å². The second-order valence-corrected chi connectivity index (χ2v) is 12.4. The molecular formula is C30H36BrFN4O12. The molecule has 2 amide bonds. The number of rotatable bonds is 11. The summed E-state index contributed by atoms with van der Waals surface area (Å²) in [5, 5.41) is 38.4. The summed E-state index contributed by atoms with van der Waals surface area (Å²) in [6.45, 7) is 5.09. The fraction of sp³-hybridized carbons (Fsp3) is 0.500. The number of pyridine rings is 1. The molecule has 1 saturated carbocycles. The number of aromatic nitrogens is 1. The zero-order valence-corrected chi connectivity index (χ0v) is 27.9. The minimum absolute atomic E-state index is 0.128. The first-order valence-electron chi connectivity index (χ1n) is 14.9. The van der Waals surface area contributed by atoms with Gasteiger partial charge in [0.1, 0.15) is 24.0 Å². The number of amides is 2. The van der Waals surface area contributed by atoms with Crippen LogP contribution < -0.4 is 21.1 Å². The minimum Gasteiger partial charge on any atom is -0.415 e. The van der Waals surface area contributed by atoms with Crippen LogP contribution in [0.4, 0.5) is 15.0 Å². The van der Waals surface area contributed by atoms with E-state index in [1.807, 2.05) is 0 Å². The number of Topliss-reactive ketones (excluding diaryl/α,β-unsaturated/α-hetero) is 2. The summed E-state index contributed by atoms with van der Waals surface area (Å²) in [4.78, 5) is 65.1. The van der Waals surface area contributed by atoms with Crippen molar-refractivity contribution in [2.75, 3.05) is 11.9 Å². The summed E-state index contributed by atoms with van der Waals surface area (Å²) in [7, 11) is 0. The van der Waals surface area contributed by atoms with E-state index in [-0.39, 0.29) is 36.2 Å². The number of nitrogens with one attached hydrogen (secondary N) is 2. The van der Waals surface area contributed by atoms with Crippen LogP contribution in [0, 0.1) is 17.7 Å². The molecule has 7 N–H and O–H groups in total. The van der Waals surface area contributed by atoms with Crippen molar-refractivity contribution in [1.82, 2.24) is 10.3 Å². The molecule has 18 heteroatoms. The maximum atomic E-state index is 15.5. The summed E-state index contributed by atoms with van der Waals surface area (Å²) in [5.41, 5.74) is 2.83. The van der Waals surface area contributed by atoms with Gasteiger partial charge in [-0.25, -0.2) is 23.7 Å². The number of nitrogens with zero attached hydrogens (tertiary/aromatic N) is 1. The first-order chi connectivity index (χ1) is 22.4. The quantitative estimate of drug-likeness (QED) is 0.110. The maximum absolute atomic E-state index is 15.5. The van der Waals surface area contributed by atoms with Gasteiger partial charge in [-0.2, -0.15) is 4.89 Å². The number of anilines is 1. The lowest BCUT2D eigenvalue weighted by molar-refractivity contribution is -0.528. The fourth-order valence-corrected chi connectivity index (χ4v) is 5.09. The minimum atomic E-state index is -4.03. The molecule has 1 saturated heterocycles. The van der Waals surface area contributed by atoms with Crippen LogP contribution in [-0.4, -0.2) is 74.4 Å². The summed E-state index contributed by atoms with van der Waals surface area (Å²) in [6, 6.07) is 3.80. The Labute approximate surface area is 282 Å². The number of aliphatic hydroxyl groups is 3.